The van der Waals surface area contributed by atoms with E-state index in [1.54, 1.807) is 24.0 Å². The van der Waals surface area contributed by atoms with Gasteiger partial charge in [0.2, 0.25) is 0 Å². The van der Waals surface area contributed by atoms with E-state index in [0.717, 1.165) is 0 Å². The maximum Gasteiger partial charge on any atom is 0.425 e. The number of hydrogen-bond acceptors (Lipinski definition) is 4. The number of rotatable bonds is 0. The van der Waals surface area contributed by atoms with E-state index >= 15 is 0 Å². The molecule has 0 spiro atoms. The second-order valence-electron chi connectivity index (χ2n) is 9.47. The molecule has 2 rings (SSSR count). The summed E-state index contributed by atoms with van der Waals surface area (Å²) in [7, 11) is 1.79. The minimum Gasteiger partial charge on any atom is -0.439 e. The smallest absolute Gasteiger partial charge is 0.425 e. The Bertz CT molecular complexity index is 523. The van der Waals surface area contributed by atoms with Crippen molar-refractivity contribution >= 4 is 6.09 Å². The summed E-state index contributed by atoms with van der Waals surface area (Å²) >= 11 is 0. The first-order chi connectivity index (χ1) is 10.5. The van der Waals surface area contributed by atoms with Gasteiger partial charge in [0, 0.05) is 18.5 Å². The van der Waals surface area contributed by atoms with Gasteiger partial charge < -0.3 is 4.74 Å². The molecule has 2 aliphatic heterocycles. The van der Waals surface area contributed by atoms with Crippen molar-refractivity contribution in [3.63, 3.8) is 0 Å². The molecule has 2 fully saturated rings. The lowest BCUT2D eigenvalue weighted by molar-refractivity contribution is -0.0743. The molecule has 0 aromatic carbocycles. The zero-order valence-corrected chi connectivity index (χ0v) is 16.4. The third-order valence-electron chi connectivity index (χ3n) is 5.93. The fraction of sp³-hybridized carbons (Fsp3) is 0.944. The molecule has 5 nitrogen and oxygen atoms in total. The van der Waals surface area contributed by atoms with Crippen molar-refractivity contribution in [3.8, 4) is 0 Å². The van der Waals surface area contributed by atoms with Crippen LogP contribution in [0.5, 0.6) is 0 Å². The summed E-state index contributed by atoms with van der Waals surface area (Å²) in [5.41, 5.74) is -0.908. The number of nitrogens with one attached hydrogen (secondary N) is 1. The van der Waals surface area contributed by atoms with Gasteiger partial charge in [-0.1, -0.05) is 48.5 Å². The number of hydrazine groups is 1. The molecule has 0 saturated carbocycles. The monoisotopic (exact) mass is 326 g/mol. The fourth-order valence-corrected chi connectivity index (χ4v) is 4.06. The largest absolute Gasteiger partial charge is 0.439 e. The number of carbonyl (C=O) groups is 1. The Morgan fingerprint density at radius 3 is 2.17 bits per heavy atom. The highest BCUT2D eigenvalue weighted by molar-refractivity contribution is 5.71. The molecular formula is C18H35N3O2. The standard InChI is InChI=1S/C18H35N3O2/c1-11-13(16(3,4)5)19-12(2)20(10)21-14(11)18(9,17(6,7)8)23-15(21)22/h11-14,19H,1-10H3/t11-,12?,13?,14?,18-/m0/s1/i12D. The molecule has 0 aliphatic carbocycles. The predicted molar refractivity (Wildman–Crippen MR) is 92.7 cm³/mol. The van der Waals surface area contributed by atoms with Gasteiger partial charge in [0.05, 0.1) is 13.6 Å². The molecule has 0 bridgehead atoms. The highest BCUT2D eigenvalue weighted by atomic mass is 16.6. The molecule has 5 atom stereocenters. The summed E-state index contributed by atoms with van der Waals surface area (Å²) < 4.78 is 14.7. The van der Waals surface area contributed by atoms with Crippen molar-refractivity contribution in [2.45, 2.75) is 86.1 Å². The van der Waals surface area contributed by atoms with Gasteiger partial charge in [-0.25, -0.2) is 14.8 Å². The van der Waals surface area contributed by atoms with Gasteiger partial charge >= 0.3 is 6.09 Å². The van der Waals surface area contributed by atoms with Crippen LogP contribution in [0.3, 0.4) is 0 Å². The van der Waals surface area contributed by atoms with E-state index in [9.17, 15) is 4.79 Å². The molecule has 2 heterocycles. The van der Waals surface area contributed by atoms with Gasteiger partial charge in [0.25, 0.3) is 0 Å². The van der Waals surface area contributed by atoms with Gasteiger partial charge in [0.15, 0.2) is 0 Å². The Kier molecular flexibility index (Phi) is 3.96. The predicted octanol–water partition coefficient (Wildman–Crippen LogP) is 3.46. The van der Waals surface area contributed by atoms with Gasteiger partial charge in [-0.15, -0.1) is 0 Å². The van der Waals surface area contributed by atoms with E-state index in [1.807, 2.05) is 6.92 Å². The molecule has 0 aromatic heterocycles. The van der Waals surface area contributed by atoms with Crippen LogP contribution in [0.2, 0.25) is 0 Å². The summed E-state index contributed by atoms with van der Waals surface area (Å²) in [4.78, 5) is 12.8. The average molecular weight is 327 g/mol. The van der Waals surface area contributed by atoms with Crippen molar-refractivity contribution in [2.24, 2.45) is 16.7 Å². The number of amides is 1. The minimum atomic E-state index is -1.09. The van der Waals surface area contributed by atoms with Crippen LogP contribution in [-0.4, -0.2) is 47.0 Å². The van der Waals surface area contributed by atoms with Crippen LogP contribution < -0.4 is 5.32 Å². The minimum absolute atomic E-state index is 0.0526. The van der Waals surface area contributed by atoms with Crippen LogP contribution in [-0.2, 0) is 4.74 Å². The normalized spacial score (nSPS) is 43.7. The number of cyclic esters (lactones) is 1. The summed E-state index contributed by atoms with van der Waals surface area (Å²) in [6.45, 7) is 18.9. The average Bonchev–Trinajstić information content (AvgIpc) is 2.60. The number of hydrogen-bond donors (Lipinski definition) is 1. The van der Waals surface area contributed by atoms with E-state index in [-0.39, 0.29) is 34.9 Å². The van der Waals surface area contributed by atoms with Crippen LogP contribution >= 0.6 is 0 Å². The Hall–Kier alpha value is -0.810. The van der Waals surface area contributed by atoms with E-state index in [0.29, 0.717) is 0 Å². The first-order valence-corrected chi connectivity index (χ1v) is 8.58. The third kappa shape index (κ3) is 2.76. The second kappa shape index (κ2) is 5.35. The van der Waals surface area contributed by atoms with E-state index in [1.165, 1.54) is 0 Å². The molecule has 5 heteroatoms. The Morgan fingerprint density at radius 1 is 1.22 bits per heavy atom. The van der Waals surface area contributed by atoms with Crippen molar-refractivity contribution in [2.75, 3.05) is 7.05 Å². The highest BCUT2D eigenvalue weighted by Crippen LogP contribution is 2.49. The van der Waals surface area contributed by atoms with Crippen LogP contribution in [0.25, 0.3) is 0 Å². The Labute approximate surface area is 143 Å². The van der Waals surface area contributed by atoms with Gasteiger partial charge in [0.1, 0.15) is 5.60 Å². The fourth-order valence-electron chi connectivity index (χ4n) is 4.06. The number of carbonyl (C=O) groups excluding carboxylic acids is 1. The van der Waals surface area contributed by atoms with Crippen LogP contribution in [0, 0.1) is 16.7 Å². The van der Waals surface area contributed by atoms with E-state index < -0.39 is 11.7 Å². The molecule has 1 amide bonds. The Morgan fingerprint density at radius 2 is 1.74 bits per heavy atom. The third-order valence-corrected chi connectivity index (χ3v) is 5.93. The molecule has 0 aromatic rings. The lowest BCUT2D eigenvalue weighted by atomic mass is 9.66. The maximum absolute atomic E-state index is 12.8. The van der Waals surface area contributed by atoms with Crippen LogP contribution in [0.1, 0.15) is 63.7 Å². The molecule has 134 valence electrons. The van der Waals surface area contributed by atoms with Crippen molar-refractivity contribution in [1.29, 1.82) is 0 Å². The van der Waals surface area contributed by atoms with Crippen LogP contribution in [0.4, 0.5) is 4.79 Å². The maximum atomic E-state index is 12.8. The summed E-state index contributed by atoms with van der Waals surface area (Å²) in [5, 5.41) is 6.84. The first-order valence-electron chi connectivity index (χ1n) is 9.08. The Balaban J connectivity index is 2.64. The van der Waals surface area contributed by atoms with Crippen molar-refractivity contribution in [3.05, 3.63) is 0 Å². The summed E-state index contributed by atoms with van der Waals surface area (Å²) in [5.74, 6) is 0.121. The van der Waals surface area contributed by atoms with Crippen LogP contribution in [0.15, 0.2) is 0 Å². The SMILES string of the molecule is [2H]C1(C)NC(C(C)(C)C)[C@H](C)C2N(C(=O)O[C@]2(C)C(C)(C)C)N1C. The second-order valence-corrected chi connectivity index (χ2v) is 9.47. The highest BCUT2D eigenvalue weighted by Gasteiger charge is 2.62. The van der Waals surface area contributed by atoms with Gasteiger partial charge in [-0.05, 0) is 25.2 Å². The lowest BCUT2D eigenvalue weighted by Gasteiger charge is -2.46. The summed E-state index contributed by atoms with van der Waals surface area (Å²) in [6, 6.07) is -0.0764. The zero-order chi connectivity index (χ0) is 18.9. The van der Waals surface area contributed by atoms with E-state index in [2.05, 4.69) is 53.8 Å². The molecule has 0 radical (unpaired) electrons. The first kappa shape index (κ1) is 17.0. The zero-order valence-electron chi connectivity index (χ0n) is 17.4. The molecular weight excluding hydrogens is 290 g/mol. The van der Waals surface area contributed by atoms with Gasteiger partial charge in [-0.2, -0.15) is 0 Å². The van der Waals surface area contributed by atoms with Gasteiger partial charge in [-0.3, -0.25) is 5.32 Å². The number of ether oxygens (including phenoxy) is 1. The lowest BCUT2D eigenvalue weighted by Crippen LogP contribution is -2.59. The topological polar surface area (TPSA) is 44.8 Å². The quantitative estimate of drug-likeness (QED) is 0.740. The molecule has 2 aliphatic rings. The van der Waals surface area contributed by atoms with Crippen molar-refractivity contribution in [1.82, 2.24) is 15.3 Å². The number of fused-ring (bicyclic) bond motifs is 1. The number of nitrogens with zero attached hydrogens (tertiary/aromatic N) is 2. The molecule has 3 unspecified atom stereocenters. The molecule has 23 heavy (non-hydrogen) atoms. The molecule has 1 N–H and O–H groups in total. The van der Waals surface area contributed by atoms with E-state index in [4.69, 9.17) is 6.11 Å². The molecule has 2 saturated heterocycles. The summed E-state index contributed by atoms with van der Waals surface area (Å²) in [6.07, 6.45) is -1.45. The van der Waals surface area contributed by atoms with Crippen molar-refractivity contribution < 1.29 is 10.9 Å².